The molecule has 1 saturated heterocycles. The van der Waals surface area contributed by atoms with Crippen LogP contribution in [0.25, 0.3) is 6.08 Å². The van der Waals surface area contributed by atoms with Gasteiger partial charge in [0.25, 0.3) is 11.1 Å². The number of rotatable bonds is 8. The third kappa shape index (κ3) is 7.18. The van der Waals surface area contributed by atoms with E-state index in [0.717, 1.165) is 29.4 Å². The van der Waals surface area contributed by atoms with Crippen molar-refractivity contribution in [1.29, 1.82) is 0 Å². The molecule has 0 spiro atoms. The number of anilines is 1. The topological polar surface area (TPSA) is 84.9 Å². The van der Waals surface area contributed by atoms with Gasteiger partial charge in [0.05, 0.1) is 15.6 Å². The Morgan fingerprint density at radius 3 is 2.46 bits per heavy atom. The van der Waals surface area contributed by atoms with Crippen LogP contribution in [-0.4, -0.2) is 35.6 Å². The molecule has 37 heavy (non-hydrogen) atoms. The van der Waals surface area contributed by atoms with Gasteiger partial charge in [-0.2, -0.15) is 0 Å². The van der Waals surface area contributed by atoms with Gasteiger partial charge in [0.15, 0.2) is 11.5 Å². The van der Waals surface area contributed by atoms with Crippen LogP contribution < -0.4 is 14.8 Å². The lowest BCUT2D eigenvalue weighted by Crippen LogP contribution is -2.36. The Kier molecular flexibility index (Phi) is 9.37. The number of carbonyl (C=O) groups excluding carboxylic acids is 3. The Morgan fingerprint density at radius 1 is 1.08 bits per heavy atom. The number of hydrogen-bond donors (Lipinski definition) is 1. The summed E-state index contributed by atoms with van der Waals surface area (Å²) in [7, 11) is 1.53. The number of thioether (sulfide) groups is 1. The summed E-state index contributed by atoms with van der Waals surface area (Å²) < 4.78 is 13.3. The molecule has 190 valence electrons. The molecular weight excluding hydrogens is 742 g/mol. The van der Waals surface area contributed by atoms with Crippen LogP contribution in [0.2, 0.25) is 5.02 Å². The summed E-state index contributed by atoms with van der Waals surface area (Å²) in [5, 5.41) is 2.85. The SMILES string of the molecule is COc1cc(/C=C2/SC(=O)N(CC(=O)Nc3ccc(I)cc3)C2=O)cc(I)c1OCc1ccc(Cl)cc1. The van der Waals surface area contributed by atoms with E-state index in [-0.39, 0.29) is 11.4 Å². The van der Waals surface area contributed by atoms with Crippen LogP contribution >= 0.6 is 68.5 Å². The molecule has 0 saturated carbocycles. The Balaban J connectivity index is 1.46. The van der Waals surface area contributed by atoms with Crippen LogP contribution in [0.1, 0.15) is 11.1 Å². The van der Waals surface area contributed by atoms with Gasteiger partial charge in [-0.25, -0.2) is 0 Å². The van der Waals surface area contributed by atoms with E-state index in [0.29, 0.717) is 34.4 Å². The van der Waals surface area contributed by atoms with Gasteiger partial charge in [0.2, 0.25) is 5.91 Å². The summed E-state index contributed by atoms with van der Waals surface area (Å²) in [6.07, 6.45) is 1.61. The third-order valence-electron chi connectivity index (χ3n) is 5.15. The number of imide groups is 1. The summed E-state index contributed by atoms with van der Waals surface area (Å²) in [5.41, 5.74) is 2.20. The normalized spacial score (nSPS) is 14.3. The first-order chi connectivity index (χ1) is 17.7. The van der Waals surface area contributed by atoms with Crippen molar-refractivity contribution in [2.75, 3.05) is 19.0 Å². The molecule has 11 heteroatoms. The lowest BCUT2D eigenvalue weighted by molar-refractivity contribution is -0.127. The fraction of sp³-hybridized carbons (Fsp3) is 0.115. The lowest BCUT2D eigenvalue weighted by atomic mass is 10.1. The van der Waals surface area contributed by atoms with Crippen LogP contribution in [0.5, 0.6) is 11.5 Å². The van der Waals surface area contributed by atoms with Crippen LogP contribution in [-0.2, 0) is 16.2 Å². The molecule has 0 unspecified atom stereocenters. The van der Waals surface area contributed by atoms with Crippen molar-refractivity contribution < 1.29 is 23.9 Å². The molecule has 3 aromatic carbocycles. The number of benzene rings is 3. The van der Waals surface area contributed by atoms with Gasteiger partial charge in [-0.1, -0.05) is 23.7 Å². The highest BCUT2D eigenvalue weighted by Crippen LogP contribution is 2.37. The van der Waals surface area contributed by atoms with Gasteiger partial charge in [-0.05, 0) is 123 Å². The average Bonchev–Trinajstić information content (AvgIpc) is 3.12. The first-order valence-corrected chi connectivity index (χ1v) is 14.1. The van der Waals surface area contributed by atoms with E-state index in [1.54, 1.807) is 36.4 Å². The molecular formula is C26H19ClI2N2O5S. The number of halogens is 3. The molecule has 4 rings (SSSR count). The number of hydrogen-bond acceptors (Lipinski definition) is 6. The van der Waals surface area contributed by atoms with E-state index in [9.17, 15) is 14.4 Å². The molecule has 0 aliphatic carbocycles. The van der Waals surface area contributed by atoms with Gasteiger partial charge in [0, 0.05) is 14.3 Å². The number of ether oxygens (including phenoxy) is 2. The van der Waals surface area contributed by atoms with Gasteiger partial charge in [0.1, 0.15) is 13.2 Å². The Bertz CT molecular complexity index is 1380. The number of amides is 3. The number of methoxy groups -OCH3 is 1. The molecule has 1 fully saturated rings. The standard InChI is InChI=1S/C26H19ClI2N2O5S/c1-35-21-11-16(10-20(29)24(21)36-14-15-2-4-17(27)5-3-15)12-22-25(33)31(26(34)37-22)13-23(32)30-19-8-6-18(28)7-9-19/h2-12H,13-14H2,1H3,(H,30,32)/b22-12+. The fourth-order valence-electron chi connectivity index (χ4n) is 3.36. The minimum atomic E-state index is -0.523. The van der Waals surface area contributed by atoms with Gasteiger partial charge >= 0.3 is 0 Å². The van der Waals surface area contributed by atoms with Crippen molar-refractivity contribution in [3.63, 3.8) is 0 Å². The number of nitrogens with one attached hydrogen (secondary N) is 1. The smallest absolute Gasteiger partial charge is 0.294 e. The molecule has 1 aliphatic heterocycles. The second-order valence-corrected chi connectivity index (χ2v) is 11.6. The summed E-state index contributed by atoms with van der Waals surface area (Å²) in [6, 6.07) is 18.1. The van der Waals surface area contributed by atoms with Crippen LogP contribution in [0, 0.1) is 7.14 Å². The molecule has 7 nitrogen and oxygen atoms in total. The van der Waals surface area contributed by atoms with E-state index in [4.69, 9.17) is 21.1 Å². The fourth-order valence-corrected chi connectivity index (χ4v) is 5.47. The van der Waals surface area contributed by atoms with Gasteiger partial charge < -0.3 is 14.8 Å². The van der Waals surface area contributed by atoms with E-state index in [2.05, 4.69) is 50.5 Å². The minimum absolute atomic E-state index is 0.222. The zero-order chi connectivity index (χ0) is 26.5. The average molecular weight is 761 g/mol. The molecule has 1 aliphatic rings. The van der Waals surface area contributed by atoms with Crippen molar-refractivity contribution in [3.8, 4) is 11.5 Å². The maximum atomic E-state index is 12.9. The quantitative estimate of drug-likeness (QED) is 0.201. The van der Waals surface area contributed by atoms with Crippen LogP contribution in [0.4, 0.5) is 10.5 Å². The second kappa shape index (κ2) is 12.5. The predicted molar refractivity (Wildman–Crippen MR) is 162 cm³/mol. The van der Waals surface area contributed by atoms with E-state index < -0.39 is 17.1 Å². The Labute approximate surface area is 250 Å². The molecule has 0 radical (unpaired) electrons. The van der Waals surface area contributed by atoms with Crippen molar-refractivity contribution in [2.24, 2.45) is 0 Å². The minimum Gasteiger partial charge on any atom is -0.493 e. The number of nitrogens with zero attached hydrogens (tertiary/aromatic N) is 1. The maximum absolute atomic E-state index is 12.9. The van der Waals surface area contributed by atoms with Crippen LogP contribution in [0.3, 0.4) is 0 Å². The summed E-state index contributed by atoms with van der Waals surface area (Å²) >= 11 is 11.0. The zero-order valence-electron chi connectivity index (χ0n) is 19.3. The molecule has 3 aromatic rings. The van der Waals surface area contributed by atoms with Gasteiger partial charge in [-0.15, -0.1) is 0 Å². The highest BCUT2D eigenvalue weighted by atomic mass is 127. The second-order valence-electron chi connectivity index (χ2n) is 7.77. The highest BCUT2D eigenvalue weighted by molar-refractivity contribution is 14.1. The monoisotopic (exact) mass is 760 g/mol. The van der Waals surface area contributed by atoms with Crippen molar-refractivity contribution in [2.45, 2.75) is 6.61 Å². The lowest BCUT2D eigenvalue weighted by Gasteiger charge is -2.14. The highest BCUT2D eigenvalue weighted by Gasteiger charge is 2.36. The first-order valence-electron chi connectivity index (χ1n) is 10.8. The van der Waals surface area contributed by atoms with Crippen molar-refractivity contribution in [3.05, 3.63) is 88.9 Å². The summed E-state index contributed by atoms with van der Waals surface area (Å²) in [4.78, 5) is 39.0. The van der Waals surface area contributed by atoms with E-state index >= 15 is 0 Å². The zero-order valence-corrected chi connectivity index (χ0v) is 25.2. The van der Waals surface area contributed by atoms with Crippen LogP contribution in [0.15, 0.2) is 65.6 Å². The summed E-state index contributed by atoms with van der Waals surface area (Å²) in [6.45, 7) is -0.0433. The van der Waals surface area contributed by atoms with E-state index in [1.807, 2.05) is 30.3 Å². The molecule has 0 atom stereocenters. The Morgan fingerprint density at radius 2 is 1.78 bits per heavy atom. The van der Waals surface area contributed by atoms with Crippen molar-refractivity contribution in [1.82, 2.24) is 4.90 Å². The Hall–Kier alpha value is -2.29. The molecule has 1 N–H and O–H groups in total. The first kappa shape index (κ1) is 27.7. The molecule has 0 aromatic heterocycles. The maximum Gasteiger partial charge on any atom is 0.294 e. The molecule has 3 amide bonds. The van der Waals surface area contributed by atoms with Crippen molar-refractivity contribution >= 4 is 97.4 Å². The number of carbonyl (C=O) groups is 3. The third-order valence-corrected chi connectivity index (χ3v) is 7.83. The largest absolute Gasteiger partial charge is 0.493 e. The van der Waals surface area contributed by atoms with E-state index in [1.165, 1.54) is 7.11 Å². The van der Waals surface area contributed by atoms with Gasteiger partial charge in [-0.3, -0.25) is 19.3 Å². The molecule has 1 heterocycles. The predicted octanol–water partition coefficient (Wildman–Crippen LogP) is 6.81. The summed E-state index contributed by atoms with van der Waals surface area (Å²) in [5.74, 6) is 0.0757. The molecule has 0 bridgehead atoms.